The molecule has 0 N–H and O–H groups in total. The van der Waals surface area contributed by atoms with Crippen LogP contribution in [0.15, 0.2) is 36.9 Å². The number of halogens is 3. The molecule has 0 spiro atoms. The van der Waals surface area contributed by atoms with Gasteiger partial charge in [-0.15, -0.1) is 0 Å². The lowest BCUT2D eigenvalue weighted by molar-refractivity contribution is 0.412. The quantitative estimate of drug-likeness (QED) is 0.399. The number of fused-ring (bicyclic) bond motifs is 1. The van der Waals surface area contributed by atoms with Gasteiger partial charge in [-0.25, -0.2) is 27.8 Å². The topological polar surface area (TPSA) is 70.7 Å². The third kappa shape index (κ3) is 4.07. The Morgan fingerprint density at radius 2 is 1.88 bits per heavy atom. The molecule has 0 saturated carbocycles. The monoisotopic (exact) mass is 466 g/mol. The van der Waals surface area contributed by atoms with Gasteiger partial charge in [0, 0.05) is 24.7 Å². The molecule has 4 aromatic rings. The van der Waals surface area contributed by atoms with Crippen molar-refractivity contribution in [2.75, 3.05) is 7.11 Å². The molecule has 1 atom stereocenters. The van der Waals surface area contributed by atoms with Crippen molar-refractivity contribution >= 4 is 12.2 Å². The lowest BCUT2D eigenvalue weighted by Gasteiger charge is -2.22. The molecule has 5 rings (SSSR count). The molecule has 10 heteroatoms. The number of imidazole rings is 1. The first kappa shape index (κ1) is 21.9. The molecule has 0 aliphatic carbocycles. The highest BCUT2D eigenvalue weighted by molar-refractivity contribution is 5.66. The maximum atomic E-state index is 13.8. The van der Waals surface area contributed by atoms with Crippen LogP contribution in [-0.4, -0.2) is 36.4 Å². The summed E-state index contributed by atoms with van der Waals surface area (Å²) in [6.07, 6.45) is 10.1. The number of ether oxygens (including phenoxy) is 1. The largest absolute Gasteiger partial charge is 0.494 e. The van der Waals surface area contributed by atoms with Gasteiger partial charge in [-0.2, -0.15) is 5.10 Å². The van der Waals surface area contributed by atoms with Gasteiger partial charge in [0.15, 0.2) is 23.3 Å². The van der Waals surface area contributed by atoms with Gasteiger partial charge in [-0.3, -0.25) is 4.98 Å². The summed E-state index contributed by atoms with van der Waals surface area (Å²) in [5.41, 5.74) is 2.63. The molecule has 0 bridgehead atoms. The van der Waals surface area contributed by atoms with Crippen LogP contribution in [0.3, 0.4) is 0 Å². The highest BCUT2D eigenvalue weighted by Gasteiger charge is 2.27. The first-order valence-corrected chi connectivity index (χ1v) is 10.7. The fourth-order valence-corrected chi connectivity index (χ4v) is 4.14. The van der Waals surface area contributed by atoms with Crippen LogP contribution in [0.2, 0.25) is 0 Å². The van der Waals surface area contributed by atoms with Gasteiger partial charge in [0.25, 0.3) is 0 Å². The van der Waals surface area contributed by atoms with Gasteiger partial charge in [-0.05, 0) is 49.6 Å². The van der Waals surface area contributed by atoms with Crippen molar-refractivity contribution in [1.29, 1.82) is 0 Å². The van der Waals surface area contributed by atoms with Gasteiger partial charge in [0.2, 0.25) is 0 Å². The van der Waals surface area contributed by atoms with Crippen LogP contribution in [0.1, 0.15) is 47.4 Å². The molecule has 0 fully saturated rings. The van der Waals surface area contributed by atoms with Crippen LogP contribution in [0.4, 0.5) is 13.2 Å². The van der Waals surface area contributed by atoms with E-state index in [1.165, 1.54) is 0 Å². The van der Waals surface area contributed by atoms with Crippen LogP contribution in [0.5, 0.6) is 5.75 Å². The number of benzene rings is 1. The van der Waals surface area contributed by atoms with Crippen molar-refractivity contribution in [1.82, 2.24) is 29.3 Å². The van der Waals surface area contributed by atoms with E-state index >= 15 is 0 Å². The Morgan fingerprint density at radius 3 is 2.59 bits per heavy atom. The van der Waals surface area contributed by atoms with Crippen molar-refractivity contribution in [2.24, 2.45) is 0 Å². The van der Waals surface area contributed by atoms with Crippen molar-refractivity contribution in [2.45, 2.75) is 32.2 Å². The van der Waals surface area contributed by atoms with E-state index in [0.29, 0.717) is 41.6 Å². The summed E-state index contributed by atoms with van der Waals surface area (Å²) in [5.74, 6) is -2.59. The van der Waals surface area contributed by atoms with Gasteiger partial charge in [0.1, 0.15) is 17.3 Å². The average molecular weight is 466 g/mol. The van der Waals surface area contributed by atoms with Crippen molar-refractivity contribution in [3.05, 3.63) is 83.0 Å². The lowest BCUT2D eigenvalue weighted by Crippen LogP contribution is -2.18. The summed E-state index contributed by atoms with van der Waals surface area (Å²) in [5, 5.41) is 4.50. The smallest absolute Gasteiger partial charge is 0.194 e. The Balaban J connectivity index is 1.42. The van der Waals surface area contributed by atoms with E-state index in [4.69, 9.17) is 4.74 Å². The van der Waals surface area contributed by atoms with Crippen molar-refractivity contribution in [3.8, 4) is 11.4 Å². The molecule has 1 aromatic carbocycles. The molecule has 1 aliphatic rings. The van der Waals surface area contributed by atoms with E-state index in [-0.39, 0.29) is 5.92 Å². The molecule has 4 heterocycles. The number of aryl methyl sites for hydroxylation is 2. The standard InChI is InChI=1S/C24H21F3N6O/c1-14-12-32(13-29-14)20-11-28-16(10-21(20)34-2)5-6-22-30-24-17(4-3-7-33(24)31-22)15-8-18(25)23(27)19(26)9-15/h5-6,8-13,17H,3-4,7H2,1-2H3/t17-/m1/s1. The van der Waals surface area contributed by atoms with Crippen LogP contribution < -0.4 is 4.74 Å². The second-order valence-electron chi connectivity index (χ2n) is 8.08. The van der Waals surface area contributed by atoms with E-state index < -0.39 is 17.5 Å². The molecule has 0 saturated heterocycles. The maximum absolute atomic E-state index is 13.8. The SMILES string of the molecule is COc1cc(C=Cc2nc3n(n2)CCC[C@@H]3c2cc(F)c(F)c(F)c2)ncc1-n1cnc(C)c1. The van der Waals surface area contributed by atoms with Crippen LogP contribution in [0.25, 0.3) is 17.8 Å². The van der Waals surface area contributed by atoms with E-state index in [0.717, 1.165) is 29.9 Å². The summed E-state index contributed by atoms with van der Waals surface area (Å²) in [6, 6.07) is 3.86. The zero-order valence-electron chi connectivity index (χ0n) is 18.5. The fourth-order valence-electron chi connectivity index (χ4n) is 4.14. The molecule has 7 nitrogen and oxygen atoms in total. The van der Waals surface area contributed by atoms with Crippen LogP contribution >= 0.6 is 0 Å². The molecule has 0 radical (unpaired) electrons. The summed E-state index contributed by atoms with van der Waals surface area (Å²) in [7, 11) is 1.59. The minimum atomic E-state index is -1.47. The zero-order valence-corrected chi connectivity index (χ0v) is 18.5. The third-order valence-corrected chi connectivity index (χ3v) is 5.78. The van der Waals surface area contributed by atoms with E-state index in [1.807, 2.05) is 17.7 Å². The Labute approximate surface area is 193 Å². The molecule has 3 aromatic heterocycles. The molecule has 0 unspecified atom stereocenters. The third-order valence-electron chi connectivity index (χ3n) is 5.78. The lowest BCUT2D eigenvalue weighted by atomic mass is 9.91. The average Bonchev–Trinajstić information content (AvgIpc) is 3.46. The van der Waals surface area contributed by atoms with E-state index in [1.54, 1.807) is 42.5 Å². The number of methoxy groups -OCH3 is 1. The van der Waals surface area contributed by atoms with Crippen LogP contribution in [-0.2, 0) is 6.54 Å². The van der Waals surface area contributed by atoms with Gasteiger partial charge in [0.05, 0.1) is 31.0 Å². The fraction of sp³-hybridized carbons (Fsp3) is 0.250. The summed E-state index contributed by atoms with van der Waals surface area (Å²) < 4.78 is 50.1. The van der Waals surface area contributed by atoms with Crippen LogP contribution in [0, 0.1) is 24.4 Å². The van der Waals surface area contributed by atoms with E-state index in [9.17, 15) is 13.2 Å². The number of aromatic nitrogens is 6. The molecule has 1 aliphatic heterocycles. The number of nitrogens with zero attached hydrogens (tertiary/aromatic N) is 6. The minimum Gasteiger partial charge on any atom is -0.494 e. The van der Waals surface area contributed by atoms with Crippen molar-refractivity contribution < 1.29 is 17.9 Å². The molecular formula is C24H21F3N6O. The summed E-state index contributed by atoms with van der Waals surface area (Å²) in [6.45, 7) is 2.54. The maximum Gasteiger partial charge on any atom is 0.194 e. The summed E-state index contributed by atoms with van der Waals surface area (Å²) in [4.78, 5) is 13.3. The second-order valence-corrected chi connectivity index (χ2v) is 8.08. The Kier molecular flexibility index (Phi) is 5.64. The number of rotatable bonds is 5. The Bertz CT molecular complexity index is 1370. The highest BCUT2D eigenvalue weighted by Crippen LogP contribution is 2.33. The van der Waals surface area contributed by atoms with Gasteiger partial charge in [-0.1, -0.05) is 0 Å². The zero-order chi connectivity index (χ0) is 23.8. The molecular weight excluding hydrogens is 445 g/mol. The van der Waals surface area contributed by atoms with Crippen molar-refractivity contribution in [3.63, 3.8) is 0 Å². The minimum absolute atomic E-state index is 0.344. The van der Waals surface area contributed by atoms with Gasteiger partial charge < -0.3 is 9.30 Å². The van der Waals surface area contributed by atoms with E-state index in [2.05, 4.69) is 20.1 Å². The molecule has 174 valence electrons. The predicted molar refractivity (Wildman–Crippen MR) is 119 cm³/mol. The Morgan fingerprint density at radius 1 is 1.09 bits per heavy atom. The second kappa shape index (κ2) is 8.77. The normalized spacial score (nSPS) is 15.6. The van der Waals surface area contributed by atoms with Gasteiger partial charge >= 0.3 is 0 Å². The Hall–Kier alpha value is -3.95. The molecule has 0 amide bonds. The number of hydrogen-bond acceptors (Lipinski definition) is 5. The number of hydrogen-bond donors (Lipinski definition) is 0. The summed E-state index contributed by atoms with van der Waals surface area (Å²) >= 11 is 0. The highest BCUT2D eigenvalue weighted by atomic mass is 19.2. The predicted octanol–water partition coefficient (Wildman–Crippen LogP) is 4.69. The molecule has 34 heavy (non-hydrogen) atoms. The first-order valence-electron chi connectivity index (χ1n) is 10.7. The number of pyridine rings is 1. The first-order chi connectivity index (χ1) is 16.4.